The molecule has 0 bridgehead atoms. The SMILES string of the molecule is CC(=O)N1CCc2c([nH]c3ccc(Br)cc23)C1Cc1ccc(Cl)cc1Cl. The Balaban J connectivity index is 1.82. The van der Waals surface area contributed by atoms with Crippen LogP contribution in [0.1, 0.15) is 29.8 Å². The third-order valence-corrected chi connectivity index (χ3v) is 6.13. The number of aromatic amines is 1. The molecule has 0 aliphatic carbocycles. The molecule has 3 nitrogen and oxygen atoms in total. The van der Waals surface area contributed by atoms with E-state index in [1.807, 2.05) is 23.1 Å². The number of halogens is 3. The fourth-order valence-electron chi connectivity index (χ4n) is 3.82. The van der Waals surface area contributed by atoms with Crippen LogP contribution in [0.25, 0.3) is 10.9 Å². The van der Waals surface area contributed by atoms with Crippen LogP contribution in [0.3, 0.4) is 0 Å². The second-order valence-corrected chi connectivity index (χ2v) is 8.38. The van der Waals surface area contributed by atoms with Crippen molar-refractivity contribution in [1.29, 1.82) is 0 Å². The largest absolute Gasteiger partial charge is 0.356 e. The summed E-state index contributed by atoms with van der Waals surface area (Å²) in [6, 6.07) is 11.7. The molecule has 1 aliphatic heterocycles. The molecule has 1 aliphatic rings. The van der Waals surface area contributed by atoms with Crippen molar-refractivity contribution < 1.29 is 4.79 Å². The van der Waals surface area contributed by atoms with Crippen molar-refractivity contribution in [3.8, 4) is 0 Å². The van der Waals surface area contributed by atoms with Crippen molar-refractivity contribution in [2.45, 2.75) is 25.8 Å². The van der Waals surface area contributed by atoms with Gasteiger partial charge in [0, 0.05) is 44.6 Å². The topological polar surface area (TPSA) is 36.1 Å². The lowest BCUT2D eigenvalue weighted by Gasteiger charge is -2.35. The molecule has 0 spiro atoms. The quantitative estimate of drug-likeness (QED) is 0.515. The van der Waals surface area contributed by atoms with E-state index in [1.54, 1.807) is 13.0 Å². The first-order chi connectivity index (χ1) is 12.4. The highest BCUT2D eigenvalue weighted by atomic mass is 79.9. The van der Waals surface area contributed by atoms with Gasteiger partial charge in [0.25, 0.3) is 0 Å². The second-order valence-electron chi connectivity index (χ2n) is 6.63. The molecule has 0 radical (unpaired) electrons. The molecule has 1 unspecified atom stereocenters. The van der Waals surface area contributed by atoms with Gasteiger partial charge >= 0.3 is 0 Å². The van der Waals surface area contributed by atoms with Crippen LogP contribution in [0.5, 0.6) is 0 Å². The summed E-state index contributed by atoms with van der Waals surface area (Å²) < 4.78 is 1.05. The predicted molar refractivity (Wildman–Crippen MR) is 110 cm³/mol. The first kappa shape index (κ1) is 17.9. The van der Waals surface area contributed by atoms with Gasteiger partial charge in [-0.05, 0) is 54.3 Å². The first-order valence-electron chi connectivity index (χ1n) is 8.45. The Bertz CT molecular complexity index is 1010. The predicted octanol–water partition coefficient (Wildman–Crippen LogP) is 5.93. The van der Waals surface area contributed by atoms with Crippen molar-refractivity contribution in [3.05, 3.63) is 67.7 Å². The number of benzene rings is 2. The van der Waals surface area contributed by atoms with Crippen LogP contribution in [0, 0.1) is 0 Å². The molecule has 3 aromatic rings. The molecule has 4 rings (SSSR count). The van der Waals surface area contributed by atoms with Crippen LogP contribution in [0.2, 0.25) is 10.0 Å². The molecule has 2 aromatic carbocycles. The number of nitrogens with one attached hydrogen (secondary N) is 1. The lowest BCUT2D eigenvalue weighted by Crippen LogP contribution is -2.39. The van der Waals surface area contributed by atoms with Gasteiger partial charge in [-0.25, -0.2) is 0 Å². The summed E-state index contributed by atoms with van der Waals surface area (Å²) in [5.41, 5.74) is 4.47. The van der Waals surface area contributed by atoms with E-state index in [9.17, 15) is 4.79 Å². The smallest absolute Gasteiger partial charge is 0.220 e. The van der Waals surface area contributed by atoms with Crippen molar-refractivity contribution in [1.82, 2.24) is 9.88 Å². The number of aromatic nitrogens is 1. The Morgan fingerprint density at radius 3 is 2.81 bits per heavy atom. The van der Waals surface area contributed by atoms with Crippen LogP contribution in [0.4, 0.5) is 0 Å². The molecule has 6 heteroatoms. The third-order valence-electron chi connectivity index (χ3n) is 5.05. The average Bonchev–Trinajstić information content (AvgIpc) is 2.95. The number of carbonyl (C=O) groups is 1. The lowest BCUT2D eigenvalue weighted by atomic mass is 9.92. The van der Waals surface area contributed by atoms with E-state index in [2.05, 4.69) is 33.0 Å². The number of amides is 1. The molecule has 0 saturated heterocycles. The minimum Gasteiger partial charge on any atom is -0.356 e. The molecule has 26 heavy (non-hydrogen) atoms. The minimum atomic E-state index is -0.0684. The highest BCUT2D eigenvalue weighted by Gasteiger charge is 2.32. The number of H-pyrrole nitrogens is 1. The number of rotatable bonds is 2. The summed E-state index contributed by atoms with van der Waals surface area (Å²) in [6.45, 7) is 2.33. The highest BCUT2D eigenvalue weighted by molar-refractivity contribution is 9.10. The number of hydrogen-bond acceptors (Lipinski definition) is 1. The highest BCUT2D eigenvalue weighted by Crippen LogP contribution is 2.38. The van der Waals surface area contributed by atoms with Crippen LogP contribution < -0.4 is 0 Å². The van der Waals surface area contributed by atoms with Crippen molar-refractivity contribution in [3.63, 3.8) is 0 Å². The molecule has 1 amide bonds. The number of nitrogens with zero attached hydrogens (tertiary/aromatic N) is 1. The Hall–Kier alpha value is -1.49. The number of carbonyl (C=O) groups excluding carboxylic acids is 1. The van der Waals surface area contributed by atoms with Gasteiger partial charge in [-0.15, -0.1) is 0 Å². The maximum atomic E-state index is 12.3. The standard InChI is InChI=1S/C20H17BrCl2N2O/c1-11(26)25-7-6-15-16-9-13(21)3-5-18(16)24-20(15)19(25)8-12-2-4-14(22)10-17(12)23/h2-5,9-10,19,24H,6-8H2,1H3. The molecule has 1 N–H and O–H groups in total. The Morgan fingerprint density at radius 1 is 1.27 bits per heavy atom. The van der Waals surface area contributed by atoms with Gasteiger partial charge in [0.1, 0.15) is 0 Å². The molecule has 0 saturated carbocycles. The maximum absolute atomic E-state index is 12.3. The normalized spacial score (nSPS) is 16.8. The third kappa shape index (κ3) is 3.15. The summed E-state index contributed by atoms with van der Waals surface area (Å²) in [5, 5.41) is 2.46. The Labute approximate surface area is 170 Å². The number of fused-ring (bicyclic) bond motifs is 3. The van der Waals surface area contributed by atoms with Crippen molar-refractivity contribution in [2.24, 2.45) is 0 Å². The van der Waals surface area contributed by atoms with Crippen molar-refractivity contribution in [2.75, 3.05) is 6.54 Å². The summed E-state index contributed by atoms with van der Waals surface area (Å²) in [6.07, 6.45) is 1.49. The van der Waals surface area contributed by atoms with E-state index in [-0.39, 0.29) is 11.9 Å². The van der Waals surface area contributed by atoms with Crippen LogP contribution in [-0.2, 0) is 17.6 Å². The van der Waals surface area contributed by atoms with Gasteiger partial charge in [0.15, 0.2) is 0 Å². The van der Waals surface area contributed by atoms with Gasteiger partial charge in [-0.3, -0.25) is 4.79 Å². The zero-order valence-electron chi connectivity index (χ0n) is 14.2. The monoisotopic (exact) mass is 450 g/mol. The fourth-order valence-corrected chi connectivity index (χ4v) is 4.67. The van der Waals surface area contributed by atoms with E-state index in [1.165, 1.54) is 10.9 Å². The first-order valence-corrected chi connectivity index (χ1v) is 10.00. The van der Waals surface area contributed by atoms with Gasteiger partial charge in [-0.1, -0.05) is 45.2 Å². The molecule has 1 atom stereocenters. The van der Waals surface area contributed by atoms with E-state index < -0.39 is 0 Å². The fraction of sp³-hybridized carbons (Fsp3) is 0.250. The summed E-state index contributed by atoms with van der Waals surface area (Å²) in [5.74, 6) is 0.0746. The van der Waals surface area contributed by atoms with Gasteiger partial charge in [0.2, 0.25) is 5.91 Å². The molecule has 2 heterocycles. The molecular weight excluding hydrogens is 435 g/mol. The number of hydrogen-bond donors (Lipinski definition) is 1. The van der Waals surface area contributed by atoms with E-state index in [4.69, 9.17) is 23.2 Å². The zero-order chi connectivity index (χ0) is 18.4. The second kappa shape index (κ2) is 6.91. The average molecular weight is 452 g/mol. The Kier molecular flexibility index (Phi) is 4.76. The van der Waals surface area contributed by atoms with Gasteiger partial charge < -0.3 is 9.88 Å². The summed E-state index contributed by atoms with van der Waals surface area (Å²) in [4.78, 5) is 17.7. The summed E-state index contributed by atoms with van der Waals surface area (Å²) >= 11 is 16.0. The van der Waals surface area contributed by atoms with Crippen LogP contribution in [-0.4, -0.2) is 22.3 Å². The molecule has 1 aromatic heterocycles. The maximum Gasteiger partial charge on any atom is 0.220 e. The van der Waals surface area contributed by atoms with Crippen LogP contribution >= 0.6 is 39.1 Å². The minimum absolute atomic E-state index is 0.0684. The van der Waals surface area contributed by atoms with E-state index >= 15 is 0 Å². The van der Waals surface area contributed by atoms with Crippen molar-refractivity contribution >= 4 is 55.9 Å². The van der Waals surface area contributed by atoms with E-state index in [0.29, 0.717) is 23.0 Å². The molecular formula is C20H17BrCl2N2O. The van der Waals surface area contributed by atoms with Gasteiger partial charge in [0.05, 0.1) is 6.04 Å². The zero-order valence-corrected chi connectivity index (χ0v) is 17.2. The lowest BCUT2D eigenvalue weighted by molar-refractivity contribution is -0.131. The molecule has 0 fully saturated rings. The molecule has 134 valence electrons. The summed E-state index contributed by atoms with van der Waals surface area (Å²) in [7, 11) is 0. The van der Waals surface area contributed by atoms with Crippen LogP contribution in [0.15, 0.2) is 40.9 Å². The Morgan fingerprint density at radius 2 is 2.08 bits per heavy atom. The van der Waals surface area contributed by atoms with Gasteiger partial charge in [-0.2, -0.15) is 0 Å². The van der Waals surface area contributed by atoms with E-state index in [0.717, 1.165) is 27.7 Å².